The molecule has 0 spiro atoms. The molecule has 180 valence electrons. The first kappa shape index (κ1) is 27.4. The number of alkyl halides is 8. The Kier molecular flexibility index (Phi) is 9.58. The zero-order valence-electron chi connectivity index (χ0n) is 16.9. The van der Waals surface area contributed by atoms with Gasteiger partial charge in [-0.1, -0.05) is 6.07 Å². The van der Waals surface area contributed by atoms with Gasteiger partial charge in [0.15, 0.2) is 0 Å². The SMILES string of the molecule is CCN(CC)c1ccc(C)c(NP(=O)(OCC(F)(F)C(F)F)OCC(F)(F)C(F)F)c1. The molecular weight excluding hydrogens is 463 g/mol. The van der Waals surface area contributed by atoms with Gasteiger partial charge < -0.3 is 4.90 Å². The molecule has 0 saturated carbocycles. The largest absolute Gasteiger partial charge is 0.433 e. The Labute approximate surface area is 174 Å². The molecule has 0 atom stereocenters. The summed E-state index contributed by atoms with van der Waals surface area (Å²) in [6.07, 6.45) is -8.42. The van der Waals surface area contributed by atoms with Gasteiger partial charge in [0.05, 0.1) is 0 Å². The lowest BCUT2D eigenvalue weighted by atomic mass is 10.1. The van der Waals surface area contributed by atoms with Crippen LogP contribution in [0.25, 0.3) is 0 Å². The monoisotopic (exact) mass is 486 g/mol. The van der Waals surface area contributed by atoms with Gasteiger partial charge in [0.2, 0.25) is 0 Å². The summed E-state index contributed by atoms with van der Waals surface area (Å²) in [5, 5.41) is 2.02. The van der Waals surface area contributed by atoms with Gasteiger partial charge in [-0.2, -0.15) is 17.6 Å². The van der Waals surface area contributed by atoms with E-state index in [4.69, 9.17) is 0 Å². The summed E-state index contributed by atoms with van der Waals surface area (Å²) < 4.78 is 124. The first-order valence-electron chi connectivity index (χ1n) is 9.02. The molecule has 1 aromatic rings. The summed E-state index contributed by atoms with van der Waals surface area (Å²) in [5.74, 6) is -9.58. The van der Waals surface area contributed by atoms with Crippen LogP contribution < -0.4 is 9.99 Å². The third-order valence-electron chi connectivity index (χ3n) is 4.10. The van der Waals surface area contributed by atoms with Gasteiger partial charge in [0.1, 0.15) is 13.2 Å². The van der Waals surface area contributed by atoms with Crippen molar-refractivity contribution in [1.29, 1.82) is 0 Å². The molecule has 5 nitrogen and oxygen atoms in total. The number of nitrogens with zero attached hydrogens (tertiary/aromatic N) is 1. The third kappa shape index (κ3) is 7.80. The van der Waals surface area contributed by atoms with Gasteiger partial charge in [0.25, 0.3) is 0 Å². The van der Waals surface area contributed by atoms with Crippen molar-refractivity contribution in [2.75, 3.05) is 36.3 Å². The zero-order valence-corrected chi connectivity index (χ0v) is 17.8. The highest BCUT2D eigenvalue weighted by molar-refractivity contribution is 7.55. The van der Waals surface area contributed by atoms with Crippen LogP contribution in [0, 0.1) is 6.92 Å². The molecule has 0 aromatic heterocycles. The number of anilines is 2. The van der Waals surface area contributed by atoms with Gasteiger partial charge in [-0.25, -0.2) is 22.1 Å². The van der Waals surface area contributed by atoms with E-state index < -0.39 is 45.7 Å². The summed E-state index contributed by atoms with van der Waals surface area (Å²) >= 11 is 0. The Morgan fingerprint density at radius 1 is 0.968 bits per heavy atom. The van der Waals surface area contributed by atoms with Crippen molar-refractivity contribution in [3.8, 4) is 0 Å². The van der Waals surface area contributed by atoms with E-state index in [0.29, 0.717) is 24.3 Å². The standard InChI is InChI=1S/C17H23F8N2O3P/c1-4-27(5-2)12-7-6-11(3)13(8-12)26-31(28,29-9-16(22,23)14(18)19)30-10-17(24,25)15(20)21/h6-8,14-15H,4-5,9-10H2,1-3H3,(H,26,28). The van der Waals surface area contributed by atoms with Crippen molar-refractivity contribution in [3.63, 3.8) is 0 Å². The van der Waals surface area contributed by atoms with E-state index >= 15 is 0 Å². The van der Waals surface area contributed by atoms with Crippen LogP contribution in [0.1, 0.15) is 19.4 Å². The minimum absolute atomic E-state index is 0.0755. The molecule has 31 heavy (non-hydrogen) atoms. The summed E-state index contributed by atoms with van der Waals surface area (Å²) in [6, 6.07) is 4.55. The smallest absolute Gasteiger partial charge is 0.372 e. The van der Waals surface area contributed by atoms with Crippen molar-refractivity contribution in [1.82, 2.24) is 0 Å². The predicted octanol–water partition coefficient (Wildman–Crippen LogP) is 6.20. The fourth-order valence-electron chi connectivity index (χ4n) is 2.23. The summed E-state index contributed by atoms with van der Waals surface area (Å²) in [6.45, 7) is 1.89. The van der Waals surface area contributed by atoms with Crippen molar-refractivity contribution in [3.05, 3.63) is 23.8 Å². The Bertz CT molecular complexity index is 735. The molecule has 0 amide bonds. The Balaban J connectivity index is 3.22. The number of hydrogen-bond acceptors (Lipinski definition) is 4. The van der Waals surface area contributed by atoms with Crippen molar-refractivity contribution < 1.29 is 48.7 Å². The minimum atomic E-state index is -5.20. The lowest BCUT2D eigenvalue weighted by molar-refractivity contribution is -0.158. The van der Waals surface area contributed by atoms with Crippen molar-refractivity contribution in [2.24, 2.45) is 0 Å². The first-order valence-corrected chi connectivity index (χ1v) is 10.6. The second-order valence-electron chi connectivity index (χ2n) is 6.45. The second kappa shape index (κ2) is 10.8. The number of aryl methyl sites for hydroxylation is 1. The number of nitrogens with one attached hydrogen (secondary N) is 1. The molecule has 0 unspecified atom stereocenters. The first-order chi connectivity index (χ1) is 14.2. The maximum Gasteiger partial charge on any atom is 0.433 e. The molecule has 0 aliphatic rings. The number of benzene rings is 1. The predicted molar refractivity (Wildman–Crippen MR) is 99.8 cm³/mol. The van der Waals surface area contributed by atoms with Crippen LogP contribution in [0.2, 0.25) is 0 Å². The lowest BCUT2D eigenvalue weighted by Crippen LogP contribution is -2.34. The number of hydrogen-bond donors (Lipinski definition) is 1. The van der Waals surface area contributed by atoms with E-state index in [9.17, 15) is 39.7 Å². The average Bonchev–Trinajstić information content (AvgIpc) is 2.68. The van der Waals surface area contributed by atoms with Crippen LogP contribution in [-0.2, 0) is 13.6 Å². The molecular formula is C17H23F8N2O3P. The van der Waals surface area contributed by atoms with Gasteiger partial charge in [0, 0.05) is 24.5 Å². The Morgan fingerprint density at radius 3 is 1.81 bits per heavy atom. The topological polar surface area (TPSA) is 50.8 Å². The van der Waals surface area contributed by atoms with E-state index in [1.165, 1.54) is 19.1 Å². The summed E-state index contributed by atoms with van der Waals surface area (Å²) in [5.41, 5.74) is 0.818. The molecule has 0 fully saturated rings. The summed E-state index contributed by atoms with van der Waals surface area (Å²) in [4.78, 5) is 1.83. The van der Waals surface area contributed by atoms with E-state index in [-0.39, 0.29) is 5.69 Å². The van der Waals surface area contributed by atoms with E-state index in [1.807, 2.05) is 23.8 Å². The molecule has 0 aliphatic heterocycles. The van der Waals surface area contributed by atoms with E-state index in [2.05, 4.69) is 9.05 Å². The Morgan fingerprint density at radius 2 is 1.42 bits per heavy atom. The number of rotatable bonds is 13. The van der Waals surface area contributed by atoms with Crippen LogP contribution >= 0.6 is 7.75 Å². The highest BCUT2D eigenvalue weighted by atomic mass is 31.2. The molecule has 14 heteroatoms. The molecule has 0 bridgehead atoms. The quantitative estimate of drug-likeness (QED) is 0.266. The fourth-order valence-corrected chi connectivity index (χ4v) is 3.66. The van der Waals surface area contributed by atoms with Crippen LogP contribution in [0.5, 0.6) is 0 Å². The maximum atomic E-state index is 13.2. The molecule has 0 saturated heterocycles. The van der Waals surface area contributed by atoms with Gasteiger partial charge in [-0.05, 0) is 38.5 Å². The molecule has 1 N–H and O–H groups in total. The minimum Gasteiger partial charge on any atom is -0.372 e. The summed E-state index contributed by atoms with van der Waals surface area (Å²) in [7, 11) is -5.20. The average molecular weight is 486 g/mol. The van der Waals surface area contributed by atoms with Crippen molar-refractivity contribution in [2.45, 2.75) is 45.5 Å². The van der Waals surface area contributed by atoms with Gasteiger partial charge in [-0.3, -0.25) is 14.1 Å². The van der Waals surface area contributed by atoms with Gasteiger partial charge in [-0.15, -0.1) is 0 Å². The molecule has 0 aliphatic carbocycles. The lowest BCUT2D eigenvalue weighted by Gasteiger charge is -2.26. The van der Waals surface area contributed by atoms with Crippen LogP contribution in [-0.4, -0.2) is 51.0 Å². The van der Waals surface area contributed by atoms with Crippen molar-refractivity contribution >= 4 is 19.1 Å². The van der Waals surface area contributed by atoms with Gasteiger partial charge >= 0.3 is 32.4 Å². The van der Waals surface area contributed by atoms with Crippen LogP contribution in [0.3, 0.4) is 0 Å². The molecule has 0 radical (unpaired) electrons. The van der Waals surface area contributed by atoms with E-state index in [0.717, 1.165) is 0 Å². The highest BCUT2D eigenvalue weighted by Crippen LogP contribution is 2.51. The van der Waals surface area contributed by atoms with Crippen LogP contribution in [0.4, 0.5) is 46.5 Å². The molecule has 1 rings (SSSR count). The molecule has 0 heterocycles. The maximum absolute atomic E-state index is 13.2. The highest BCUT2D eigenvalue weighted by Gasteiger charge is 2.47. The Hall–Kier alpha value is -1.59. The second-order valence-corrected chi connectivity index (χ2v) is 8.19. The molecule has 1 aromatic carbocycles. The third-order valence-corrected chi connectivity index (χ3v) is 5.55. The number of halogens is 8. The normalized spacial score (nSPS) is 13.2. The van der Waals surface area contributed by atoms with E-state index in [1.54, 1.807) is 6.07 Å². The van der Waals surface area contributed by atoms with Crippen LogP contribution in [0.15, 0.2) is 18.2 Å². The fraction of sp³-hybridized carbons (Fsp3) is 0.647. The zero-order chi connectivity index (χ0) is 24.0.